The van der Waals surface area contributed by atoms with Crippen LogP contribution in [0.2, 0.25) is 0 Å². The van der Waals surface area contributed by atoms with Gasteiger partial charge in [0.15, 0.2) is 0 Å². The summed E-state index contributed by atoms with van der Waals surface area (Å²) in [6.45, 7) is 10.8. The SMILES string of the molecule is CCC(C)[C@H](NC(=O)OC(C)(C)C)C(=O)N1CCC(C(=O)NCC2CCC(C(=O)O)CC2)CC1. The predicted octanol–water partition coefficient (Wildman–Crippen LogP) is 3.17. The minimum absolute atomic E-state index is 0.0119. The van der Waals surface area contributed by atoms with Gasteiger partial charge in [0, 0.05) is 25.6 Å². The van der Waals surface area contributed by atoms with Crippen molar-refractivity contribution in [2.75, 3.05) is 19.6 Å². The van der Waals surface area contributed by atoms with Crippen LogP contribution in [-0.2, 0) is 19.1 Å². The monoisotopic (exact) mass is 481 g/mol. The second-order valence-corrected chi connectivity index (χ2v) is 10.9. The number of ether oxygens (including phenoxy) is 1. The summed E-state index contributed by atoms with van der Waals surface area (Å²) in [5, 5.41) is 14.9. The van der Waals surface area contributed by atoms with Gasteiger partial charge >= 0.3 is 12.1 Å². The van der Waals surface area contributed by atoms with E-state index in [2.05, 4.69) is 10.6 Å². The fraction of sp³-hybridized carbons (Fsp3) is 0.840. The molecule has 1 aliphatic heterocycles. The molecular formula is C25H43N3O6. The summed E-state index contributed by atoms with van der Waals surface area (Å²) in [4.78, 5) is 51.0. The number of alkyl carbamates (subject to hydrolysis) is 1. The van der Waals surface area contributed by atoms with Gasteiger partial charge in [0.25, 0.3) is 0 Å². The number of aliphatic carboxylic acids is 1. The summed E-state index contributed by atoms with van der Waals surface area (Å²) >= 11 is 0. The largest absolute Gasteiger partial charge is 0.481 e. The van der Waals surface area contributed by atoms with Crippen LogP contribution in [0.1, 0.15) is 79.6 Å². The number of carbonyl (C=O) groups excluding carboxylic acids is 3. The number of nitrogens with one attached hydrogen (secondary N) is 2. The molecule has 1 heterocycles. The fourth-order valence-corrected chi connectivity index (χ4v) is 4.68. The molecule has 9 heteroatoms. The van der Waals surface area contributed by atoms with Crippen LogP contribution in [0.15, 0.2) is 0 Å². The zero-order valence-electron chi connectivity index (χ0n) is 21.4. The quantitative estimate of drug-likeness (QED) is 0.489. The molecule has 0 aromatic rings. The first-order valence-corrected chi connectivity index (χ1v) is 12.7. The van der Waals surface area contributed by atoms with E-state index in [4.69, 9.17) is 9.84 Å². The molecule has 9 nitrogen and oxygen atoms in total. The highest BCUT2D eigenvalue weighted by Crippen LogP contribution is 2.29. The number of hydrogen-bond acceptors (Lipinski definition) is 5. The van der Waals surface area contributed by atoms with Gasteiger partial charge < -0.3 is 25.4 Å². The summed E-state index contributed by atoms with van der Waals surface area (Å²) in [7, 11) is 0. The average Bonchev–Trinajstić information content (AvgIpc) is 2.79. The van der Waals surface area contributed by atoms with Crippen molar-refractivity contribution in [2.45, 2.75) is 91.2 Å². The lowest BCUT2D eigenvalue weighted by molar-refractivity contribution is -0.143. The van der Waals surface area contributed by atoms with Crippen LogP contribution >= 0.6 is 0 Å². The lowest BCUT2D eigenvalue weighted by atomic mass is 9.82. The Labute approximate surface area is 203 Å². The van der Waals surface area contributed by atoms with Crippen molar-refractivity contribution >= 4 is 23.9 Å². The second kappa shape index (κ2) is 12.4. The van der Waals surface area contributed by atoms with Crippen molar-refractivity contribution < 1.29 is 29.0 Å². The van der Waals surface area contributed by atoms with E-state index in [1.54, 1.807) is 25.7 Å². The highest BCUT2D eigenvalue weighted by Gasteiger charge is 2.35. The third-order valence-electron chi connectivity index (χ3n) is 7.09. The molecule has 1 aliphatic carbocycles. The molecule has 2 rings (SSSR count). The molecule has 1 saturated heterocycles. The first-order valence-electron chi connectivity index (χ1n) is 12.7. The van der Waals surface area contributed by atoms with Gasteiger partial charge in [0.2, 0.25) is 11.8 Å². The van der Waals surface area contributed by atoms with Gasteiger partial charge in [-0.25, -0.2) is 4.79 Å². The normalized spacial score (nSPS) is 23.5. The Morgan fingerprint density at radius 3 is 2.09 bits per heavy atom. The smallest absolute Gasteiger partial charge is 0.408 e. The molecule has 0 radical (unpaired) electrons. The molecule has 2 fully saturated rings. The maximum Gasteiger partial charge on any atom is 0.408 e. The second-order valence-electron chi connectivity index (χ2n) is 10.9. The van der Waals surface area contributed by atoms with Gasteiger partial charge in [-0.3, -0.25) is 14.4 Å². The summed E-state index contributed by atoms with van der Waals surface area (Å²) in [5.74, 6) is -0.945. The molecule has 2 aliphatic rings. The average molecular weight is 482 g/mol. The molecule has 0 aromatic carbocycles. The Hall–Kier alpha value is -2.32. The van der Waals surface area contributed by atoms with E-state index in [0.29, 0.717) is 51.2 Å². The number of carboxylic acid groups (broad SMARTS) is 1. The minimum Gasteiger partial charge on any atom is -0.481 e. The van der Waals surface area contributed by atoms with E-state index in [1.165, 1.54) is 0 Å². The zero-order chi connectivity index (χ0) is 25.5. The standard InChI is InChI=1S/C25H43N3O6/c1-6-16(2)20(27-24(33)34-25(3,4)5)22(30)28-13-11-18(12-14-28)21(29)26-15-17-7-9-19(10-8-17)23(31)32/h16-20H,6-15H2,1-5H3,(H,26,29)(H,27,33)(H,31,32)/t16?,17?,19?,20-/m0/s1. The predicted molar refractivity (Wildman–Crippen MR) is 128 cm³/mol. The van der Waals surface area contributed by atoms with E-state index in [1.807, 2.05) is 13.8 Å². The number of hydrogen-bond donors (Lipinski definition) is 3. The third kappa shape index (κ3) is 8.47. The van der Waals surface area contributed by atoms with Crippen LogP contribution < -0.4 is 10.6 Å². The first-order chi connectivity index (χ1) is 15.9. The number of rotatable bonds is 8. The van der Waals surface area contributed by atoms with Crippen LogP contribution in [0.25, 0.3) is 0 Å². The topological polar surface area (TPSA) is 125 Å². The molecule has 1 saturated carbocycles. The molecule has 3 amide bonds. The van der Waals surface area contributed by atoms with E-state index in [9.17, 15) is 19.2 Å². The summed E-state index contributed by atoms with van der Waals surface area (Å²) in [6.07, 6.45) is 4.30. The maximum atomic E-state index is 13.2. The highest BCUT2D eigenvalue weighted by molar-refractivity contribution is 5.86. The van der Waals surface area contributed by atoms with Crippen molar-refractivity contribution in [3.8, 4) is 0 Å². The number of amides is 3. The molecule has 1 unspecified atom stereocenters. The van der Waals surface area contributed by atoms with Gasteiger partial charge in [0.1, 0.15) is 11.6 Å². The molecular weight excluding hydrogens is 438 g/mol. The molecule has 0 aromatic heterocycles. The van der Waals surface area contributed by atoms with Gasteiger partial charge in [-0.05, 0) is 71.1 Å². The Morgan fingerprint density at radius 1 is 1.00 bits per heavy atom. The molecule has 194 valence electrons. The number of likely N-dealkylation sites (tertiary alicyclic amines) is 1. The minimum atomic E-state index is -0.722. The fourth-order valence-electron chi connectivity index (χ4n) is 4.68. The van der Waals surface area contributed by atoms with Gasteiger partial charge in [0.05, 0.1) is 5.92 Å². The molecule has 0 spiro atoms. The van der Waals surface area contributed by atoms with Crippen LogP contribution in [0.3, 0.4) is 0 Å². The van der Waals surface area contributed by atoms with Crippen molar-refractivity contribution in [1.82, 2.24) is 15.5 Å². The Balaban J connectivity index is 1.81. The lowest BCUT2D eigenvalue weighted by Crippen LogP contribution is -2.54. The van der Waals surface area contributed by atoms with Crippen molar-refractivity contribution in [1.29, 1.82) is 0 Å². The molecule has 3 N–H and O–H groups in total. The van der Waals surface area contributed by atoms with Crippen LogP contribution in [0.5, 0.6) is 0 Å². The number of piperidine rings is 1. The first kappa shape index (κ1) is 27.9. The van der Waals surface area contributed by atoms with Gasteiger partial charge in [-0.2, -0.15) is 0 Å². The van der Waals surface area contributed by atoms with E-state index in [-0.39, 0.29) is 29.6 Å². The van der Waals surface area contributed by atoms with E-state index < -0.39 is 23.7 Å². The van der Waals surface area contributed by atoms with Crippen LogP contribution in [0, 0.1) is 23.7 Å². The molecule has 2 atom stereocenters. The third-order valence-corrected chi connectivity index (χ3v) is 7.09. The lowest BCUT2D eigenvalue weighted by Gasteiger charge is -2.36. The van der Waals surface area contributed by atoms with Crippen molar-refractivity contribution in [3.05, 3.63) is 0 Å². The summed E-state index contributed by atoms with van der Waals surface area (Å²) in [5.41, 5.74) is -0.644. The Bertz CT molecular complexity index is 719. The van der Waals surface area contributed by atoms with Crippen LogP contribution in [0.4, 0.5) is 4.79 Å². The van der Waals surface area contributed by atoms with E-state index in [0.717, 1.165) is 19.3 Å². The Kier molecular flexibility index (Phi) is 10.2. The van der Waals surface area contributed by atoms with Crippen LogP contribution in [-0.4, -0.2) is 65.2 Å². The number of carboxylic acids is 1. The zero-order valence-corrected chi connectivity index (χ0v) is 21.4. The summed E-state index contributed by atoms with van der Waals surface area (Å²) < 4.78 is 5.34. The Morgan fingerprint density at radius 2 is 1.59 bits per heavy atom. The van der Waals surface area contributed by atoms with Crippen molar-refractivity contribution in [2.24, 2.45) is 23.7 Å². The highest BCUT2D eigenvalue weighted by atomic mass is 16.6. The maximum absolute atomic E-state index is 13.2. The van der Waals surface area contributed by atoms with Crippen molar-refractivity contribution in [3.63, 3.8) is 0 Å². The van der Waals surface area contributed by atoms with Gasteiger partial charge in [-0.15, -0.1) is 0 Å². The van der Waals surface area contributed by atoms with Gasteiger partial charge in [-0.1, -0.05) is 20.3 Å². The van der Waals surface area contributed by atoms with E-state index >= 15 is 0 Å². The molecule has 0 bridgehead atoms. The number of carbonyl (C=O) groups is 4. The summed E-state index contributed by atoms with van der Waals surface area (Å²) in [6, 6.07) is -0.661. The number of nitrogens with zero attached hydrogens (tertiary/aromatic N) is 1. The molecule has 34 heavy (non-hydrogen) atoms.